The molecule has 0 saturated heterocycles. The number of fused-ring (bicyclic) bond motifs is 1. The van der Waals surface area contributed by atoms with Gasteiger partial charge in [-0.3, -0.25) is 4.79 Å². The van der Waals surface area contributed by atoms with Crippen molar-refractivity contribution in [3.63, 3.8) is 0 Å². The number of hydrogen-bond acceptors (Lipinski definition) is 3. The van der Waals surface area contributed by atoms with Crippen LogP contribution in [-0.4, -0.2) is 30.9 Å². The minimum absolute atomic E-state index is 0.0791. The number of likely N-dealkylation sites (N-methyl/N-ethyl adjacent to an activating group) is 1. The maximum atomic E-state index is 11.7. The summed E-state index contributed by atoms with van der Waals surface area (Å²) < 4.78 is 1.27. The molecule has 0 radical (unpaired) electrons. The molecule has 2 aromatic rings. The molecule has 0 saturated carbocycles. The number of rotatable bonds is 3. The van der Waals surface area contributed by atoms with Gasteiger partial charge in [0.25, 0.3) is 0 Å². The van der Waals surface area contributed by atoms with Gasteiger partial charge in [0.1, 0.15) is 6.04 Å². The van der Waals surface area contributed by atoms with Crippen LogP contribution in [0.5, 0.6) is 0 Å². The molecule has 1 N–H and O–H groups in total. The monoisotopic (exact) mass is 248 g/mol. The number of carbonyl (C=O) groups excluding carboxylic acids is 1. The van der Waals surface area contributed by atoms with E-state index in [4.69, 9.17) is 0 Å². The van der Waals surface area contributed by atoms with Crippen molar-refractivity contribution in [2.45, 2.75) is 13.0 Å². The summed E-state index contributed by atoms with van der Waals surface area (Å²) in [4.78, 5) is 13.3. The van der Waals surface area contributed by atoms with Crippen LogP contribution in [-0.2, 0) is 4.79 Å². The van der Waals surface area contributed by atoms with Gasteiger partial charge in [0, 0.05) is 24.5 Å². The zero-order valence-corrected chi connectivity index (χ0v) is 11.0. The van der Waals surface area contributed by atoms with Crippen molar-refractivity contribution in [1.82, 2.24) is 4.90 Å². The summed E-state index contributed by atoms with van der Waals surface area (Å²) in [5, 5.41) is 6.50. The molecule has 0 aliphatic rings. The Balaban J connectivity index is 2.15. The standard InChI is InChI=1S/C13H16N2OS/c1-9(13(16)15(2)3)14-11-4-5-12-10(8-11)6-7-17-12/h4-9,14H,1-3H3. The zero-order chi connectivity index (χ0) is 12.4. The highest BCUT2D eigenvalue weighted by molar-refractivity contribution is 7.17. The molecule has 3 nitrogen and oxygen atoms in total. The van der Waals surface area contributed by atoms with Gasteiger partial charge in [-0.15, -0.1) is 11.3 Å². The van der Waals surface area contributed by atoms with E-state index in [0.717, 1.165) is 5.69 Å². The van der Waals surface area contributed by atoms with Gasteiger partial charge >= 0.3 is 0 Å². The van der Waals surface area contributed by atoms with Crippen molar-refractivity contribution in [2.75, 3.05) is 19.4 Å². The number of nitrogens with zero attached hydrogens (tertiary/aromatic N) is 1. The molecule has 1 unspecified atom stereocenters. The van der Waals surface area contributed by atoms with E-state index in [9.17, 15) is 4.79 Å². The molecule has 90 valence electrons. The third kappa shape index (κ3) is 2.58. The van der Waals surface area contributed by atoms with Gasteiger partial charge in [-0.05, 0) is 42.0 Å². The molecule has 17 heavy (non-hydrogen) atoms. The second-order valence-corrected chi connectivity index (χ2v) is 5.22. The van der Waals surface area contributed by atoms with Crippen molar-refractivity contribution in [3.05, 3.63) is 29.6 Å². The van der Waals surface area contributed by atoms with Crippen LogP contribution in [0, 0.1) is 0 Å². The largest absolute Gasteiger partial charge is 0.374 e. The quantitative estimate of drug-likeness (QED) is 0.906. The minimum Gasteiger partial charge on any atom is -0.374 e. The Morgan fingerprint density at radius 3 is 2.82 bits per heavy atom. The van der Waals surface area contributed by atoms with Gasteiger partial charge in [0.15, 0.2) is 0 Å². The lowest BCUT2D eigenvalue weighted by Crippen LogP contribution is -2.36. The molecule has 0 bridgehead atoms. The van der Waals surface area contributed by atoms with Gasteiger partial charge in [-0.25, -0.2) is 0 Å². The summed E-state index contributed by atoms with van der Waals surface area (Å²) in [5.74, 6) is 0.0791. The highest BCUT2D eigenvalue weighted by atomic mass is 32.1. The van der Waals surface area contributed by atoms with Gasteiger partial charge in [-0.2, -0.15) is 0 Å². The van der Waals surface area contributed by atoms with Crippen LogP contribution < -0.4 is 5.32 Å². The van der Waals surface area contributed by atoms with Crippen molar-refractivity contribution < 1.29 is 4.79 Å². The number of benzene rings is 1. The summed E-state index contributed by atoms with van der Waals surface area (Å²) in [5.41, 5.74) is 0.985. The first-order valence-electron chi connectivity index (χ1n) is 5.53. The first kappa shape index (κ1) is 11.9. The average Bonchev–Trinajstić information content (AvgIpc) is 2.74. The Morgan fingerprint density at radius 2 is 2.12 bits per heavy atom. The topological polar surface area (TPSA) is 32.3 Å². The molecule has 1 amide bonds. The molecule has 0 fully saturated rings. The predicted molar refractivity (Wildman–Crippen MR) is 73.6 cm³/mol. The van der Waals surface area contributed by atoms with Crippen LogP contribution in [0.2, 0.25) is 0 Å². The smallest absolute Gasteiger partial charge is 0.244 e. The lowest BCUT2D eigenvalue weighted by Gasteiger charge is -2.19. The number of amides is 1. The lowest BCUT2D eigenvalue weighted by molar-refractivity contribution is -0.129. The number of hydrogen-bond donors (Lipinski definition) is 1. The van der Waals surface area contributed by atoms with Crippen molar-refractivity contribution in [1.29, 1.82) is 0 Å². The van der Waals surface area contributed by atoms with Crippen LogP contribution in [0.3, 0.4) is 0 Å². The third-order valence-electron chi connectivity index (χ3n) is 2.65. The minimum atomic E-state index is -0.207. The molecule has 0 spiro atoms. The maximum Gasteiger partial charge on any atom is 0.244 e. The highest BCUT2D eigenvalue weighted by Crippen LogP contribution is 2.24. The number of nitrogens with one attached hydrogen (secondary N) is 1. The molecule has 1 atom stereocenters. The Hall–Kier alpha value is -1.55. The summed E-state index contributed by atoms with van der Waals surface area (Å²) in [6, 6.07) is 8.05. The van der Waals surface area contributed by atoms with Crippen molar-refractivity contribution in [3.8, 4) is 0 Å². The molecule has 4 heteroatoms. The van der Waals surface area contributed by atoms with E-state index in [2.05, 4.69) is 28.9 Å². The van der Waals surface area contributed by atoms with E-state index in [1.165, 1.54) is 10.1 Å². The fourth-order valence-corrected chi connectivity index (χ4v) is 2.53. The van der Waals surface area contributed by atoms with E-state index >= 15 is 0 Å². The first-order chi connectivity index (χ1) is 8.08. The van der Waals surface area contributed by atoms with E-state index in [1.807, 2.05) is 13.0 Å². The van der Waals surface area contributed by atoms with Gasteiger partial charge in [-0.1, -0.05) is 0 Å². The van der Waals surface area contributed by atoms with Gasteiger partial charge < -0.3 is 10.2 Å². The summed E-state index contributed by atoms with van der Waals surface area (Å²) in [7, 11) is 3.53. The molecule has 0 aliphatic heterocycles. The van der Waals surface area contributed by atoms with Crippen LogP contribution in [0.25, 0.3) is 10.1 Å². The van der Waals surface area contributed by atoms with Crippen LogP contribution in [0.4, 0.5) is 5.69 Å². The van der Waals surface area contributed by atoms with Gasteiger partial charge in [0.05, 0.1) is 0 Å². The third-order valence-corrected chi connectivity index (χ3v) is 3.54. The summed E-state index contributed by atoms with van der Waals surface area (Å²) >= 11 is 1.72. The maximum absolute atomic E-state index is 11.7. The van der Waals surface area contributed by atoms with Crippen LogP contribution in [0.15, 0.2) is 29.6 Å². The molecular weight excluding hydrogens is 232 g/mol. The predicted octanol–water partition coefficient (Wildman–Crippen LogP) is 2.79. The van der Waals surface area contributed by atoms with E-state index in [-0.39, 0.29) is 11.9 Å². The van der Waals surface area contributed by atoms with Gasteiger partial charge in [0.2, 0.25) is 5.91 Å². The second kappa shape index (κ2) is 4.75. The molecule has 1 aromatic carbocycles. The van der Waals surface area contributed by atoms with E-state index < -0.39 is 0 Å². The molecular formula is C13H16N2OS. The normalized spacial score (nSPS) is 12.4. The average molecular weight is 248 g/mol. The van der Waals surface area contributed by atoms with Crippen molar-refractivity contribution >= 4 is 33.0 Å². The highest BCUT2D eigenvalue weighted by Gasteiger charge is 2.14. The number of thiophene rings is 1. The summed E-state index contributed by atoms with van der Waals surface area (Å²) in [6.07, 6.45) is 0. The zero-order valence-electron chi connectivity index (χ0n) is 10.2. The van der Waals surface area contributed by atoms with Crippen molar-refractivity contribution in [2.24, 2.45) is 0 Å². The number of carbonyl (C=O) groups is 1. The fraction of sp³-hybridized carbons (Fsp3) is 0.308. The SMILES string of the molecule is CC(Nc1ccc2sccc2c1)C(=O)N(C)C. The molecule has 1 aromatic heterocycles. The van der Waals surface area contributed by atoms with Crippen LogP contribution in [0.1, 0.15) is 6.92 Å². The fourth-order valence-electron chi connectivity index (χ4n) is 1.76. The lowest BCUT2D eigenvalue weighted by atomic mass is 10.2. The van der Waals surface area contributed by atoms with E-state index in [1.54, 1.807) is 30.3 Å². The molecule has 2 rings (SSSR count). The van der Waals surface area contributed by atoms with Crippen LogP contribution >= 0.6 is 11.3 Å². The Bertz CT molecular complexity index is 533. The number of anilines is 1. The second-order valence-electron chi connectivity index (χ2n) is 4.27. The van der Waals surface area contributed by atoms with E-state index in [0.29, 0.717) is 0 Å². The Morgan fingerprint density at radius 1 is 1.35 bits per heavy atom. The summed E-state index contributed by atoms with van der Waals surface area (Å²) in [6.45, 7) is 1.88. The molecule has 0 aliphatic carbocycles. The first-order valence-corrected chi connectivity index (χ1v) is 6.41. The molecule has 1 heterocycles. The Labute approximate surface area is 105 Å². The Kier molecular flexibility index (Phi) is 3.33.